The molecule has 1 fully saturated rings. The van der Waals surface area contributed by atoms with Crippen molar-refractivity contribution in [2.24, 2.45) is 17.4 Å². The highest BCUT2D eigenvalue weighted by atomic mass is 16.2. The van der Waals surface area contributed by atoms with Crippen LogP contribution in [0.2, 0.25) is 0 Å². The van der Waals surface area contributed by atoms with Gasteiger partial charge in [0.1, 0.15) is 0 Å². The van der Waals surface area contributed by atoms with Crippen LogP contribution in [0.3, 0.4) is 0 Å². The second-order valence-corrected chi connectivity index (χ2v) is 6.79. The molecule has 1 heterocycles. The Morgan fingerprint density at radius 2 is 2.00 bits per heavy atom. The predicted octanol–water partition coefficient (Wildman–Crippen LogP) is 1.58. The summed E-state index contributed by atoms with van der Waals surface area (Å²) in [6.45, 7) is 1.22. The summed E-state index contributed by atoms with van der Waals surface area (Å²) in [7, 11) is 0. The summed E-state index contributed by atoms with van der Waals surface area (Å²) in [5, 5.41) is 0. The Balaban J connectivity index is 1.68. The third kappa shape index (κ3) is 3.39. The molecule has 1 aliphatic carbocycles. The molecule has 0 spiro atoms. The van der Waals surface area contributed by atoms with Gasteiger partial charge in [0.25, 0.3) is 0 Å². The minimum absolute atomic E-state index is 0.159. The van der Waals surface area contributed by atoms with E-state index in [-0.39, 0.29) is 11.9 Å². The number of amides is 2. The van der Waals surface area contributed by atoms with Gasteiger partial charge in [0.2, 0.25) is 11.8 Å². The molecule has 0 aromatic heterocycles. The molecule has 3 rings (SSSR count). The Morgan fingerprint density at radius 1 is 1.22 bits per heavy atom. The Labute approximate surface area is 137 Å². The lowest BCUT2D eigenvalue weighted by atomic mass is 9.82. The Bertz CT molecular complexity index is 614. The summed E-state index contributed by atoms with van der Waals surface area (Å²) in [4.78, 5) is 26.0. The minimum Gasteiger partial charge on any atom is -0.366 e. The van der Waals surface area contributed by atoms with E-state index in [4.69, 9.17) is 11.5 Å². The first-order chi connectivity index (χ1) is 11.1. The molecule has 0 unspecified atom stereocenters. The van der Waals surface area contributed by atoms with E-state index in [9.17, 15) is 9.59 Å². The van der Waals surface area contributed by atoms with Crippen LogP contribution in [0.1, 0.15) is 53.6 Å². The highest BCUT2D eigenvalue weighted by Gasteiger charge is 2.28. The fourth-order valence-electron chi connectivity index (χ4n) is 3.90. The van der Waals surface area contributed by atoms with Crippen molar-refractivity contribution in [3.8, 4) is 0 Å². The molecule has 124 valence electrons. The summed E-state index contributed by atoms with van der Waals surface area (Å²) >= 11 is 0. The van der Waals surface area contributed by atoms with Crippen molar-refractivity contribution in [3.63, 3.8) is 0 Å². The molecule has 2 atom stereocenters. The van der Waals surface area contributed by atoms with Gasteiger partial charge in [-0.15, -0.1) is 0 Å². The van der Waals surface area contributed by atoms with E-state index in [1.807, 2.05) is 17.0 Å². The van der Waals surface area contributed by atoms with Crippen molar-refractivity contribution in [2.75, 3.05) is 6.54 Å². The van der Waals surface area contributed by atoms with Gasteiger partial charge in [-0.25, -0.2) is 0 Å². The van der Waals surface area contributed by atoms with Gasteiger partial charge in [0, 0.05) is 31.1 Å². The van der Waals surface area contributed by atoms with Gasteiger partial charge in [-0.3, -0.25) is 9.59 Å². The molecule has 0 bridgehead atoms. The molecule has 0 saturated heterocycles. The summed E-state index contributed by atoms with van der Waals surface area (Å²) in [6.07, 6.45) is 5.68. The average molecular weight is 315 g/mol. The van der Waals surface area contributed by atoms with Crippen LogP contribution >= 0.6 is 0 Å². The van der Waals surface area contributed by atoms with Gasteiger partial charge in [-0.2, -0.15) is 0 Å². The molecule has 1 saturated carbocycles. The monoisotopic (exact) mass is 315 g/mol. The molecule has 0 radical (unpaired) electrons. The van der Waals surface area contributed by atoms with Crippen LogP contribution in [-0.2, 0) is 17.8 Å². The lowest BCUT2D eigenvalue weighted by molar-refractivity contribution is -0.133. The average Bonchev–Trinajstić information content (AvgIpc) is 2.55. The number of hydrogen-bond acceptors (Lipinski definition) is 3. The molecule has 2 amide bonds. The van der Waals surface area contributed by atoms with Crippen molar-refractivity contribution < 1.29 is 9.59 Å². The molecule has 5 heteroatoms. The van der Waals surface area contributed by atoms with Crippen LogP contribution < -0.4 is 11.5 Å². The SMILES string of the molecule is NC(=O)c1cccc2c1CCN(C(=O)C[C@H]1CCCC[C@H]1N)C2. The molecule has 2 aliphatic rings. The summed E-state index contributed by atoms with van der Waals surface area (Å²) in [5.41, 5.74) is 14.2. The summed E-state index contributed by atoms with van der Waals surface area (Å²) < 4.78 is 0. The maximum absolute atomic E-state index is 12.6. The largest absolute Gasteiger partial charge is 0.366 e. The van der Waals surface area contributed by atoms with E-state index in [0.717, 1.165) is 24.0 Å². The molecule has 4 N–H and O–H groups in total. The van der Waals surface area contributed by atoms with Gasteiger partial charge >= 0.3 is 0 Å². The van der Waals surface area contributed by atoms with Gasteiger partial charge in [-0.1, -0.05) is 25.0 Å². The second kappa shape index (κ2) is 6.71. The van der Waals surface area contributed by atoms with E-state index in [2.05, 4.69) is 0 Å². The quantitative estimate of drug-likeness (QED) is 0.887. The van der Waals surface area contributed by atoms with Gasteiger partial charge in [0.15, 0.2) is 0 Å². The summed E-state index contributed by atoms with van der Waals surface area (Å²) in [5.74, 6) is 0.104. The van der Waals surface area contributed by atoms with E-state index in [1.54, 1.807) is 6.07 Å². The van der Waals surface area contributed by atoms with Crippen molar-refractivity contribution >= 4 is 11.8 Å². The minimum atomic E-state index is -0.394. The van der Waals surface area contributed by atoms with Crippen LogP contribution in [0.15, 0.2) is 18.2 Å². The van der Waals surface area contributed by atoms with Crippen molar-refractivity contribution in [1.29, 1.82) is 0 Å². The number of rotatable bonds is 3. The van der Waals surface area contributed by atoms with Gasteiger partial charge < -0.3 is 16.4 Å². The number of nitrogens with zero attached hydrogens (tertiary/aromatic N) is 1. The van der Waals surface area contributed by atoms with Gasteiger partial charge in [-0.05, 0) is 42.4 Å². The van der Waals surface area contributed by atoms with Gasteiger partial charge in [0.05, 0.1) is 0 Å². The van der Waals surface area contributed by atoms with Crippen LogP contribution in [0.4, 0.5) is 0 Å². The van der Waals surface area contributed by atoms with E-state index < -0.39 is 5.91 Å². The topological polar surface area (TPSA) is 89.4 Å². The lowest BCUT2D eigenvalue weighted by Gasteiger charge is -2.33. The molecule has 23 heavy (non-hydrogen) atoms. The van der Waals surface area contributed by atoms with Crippen molar-refractivity contribution in [3.05, 3.63) is 34.9 Å². The normalized spacial score (nSPS) is 24.1. The number of primary amides is 1. The van der Waals surface area contributed by atoms with E-state index >= 15 is 0 Å². The lowest BCUT2D eigenvalue weighted by Crippen LogP contribution is -2.41. The Morgan fingerprint density at radius 3 is 2.74 bits per heavy atom. The maximum atomic E-state index is 12.6. The zero-order chi connectivity index (χ0) is 16.4. The fraction of sp³-hybridized carbons (Fsp3) is 0.556. The fourth-order valence-corrected chi connectivity index (χ4v) is 3.90. The number of carbonyl (C=O) groups excluding carboxylic acids is 2. The van der Waals surface area contributed by atoms with Crippen LogP contribution in [-0.4, -0.2) is 29.3 Å². The molecule has 1 aliphatic heterocycles. The zero-order valence-corrected chi connectivity index (χ0v) is 13.5. The zero-order valence-electron chi connectivity index (χ0n) is 13.5. The molecule has 5 nitrogen and oxygen atoms in total. The smallest absolute Gasteiger partial charge is 0.248 e. The van der Waals surface area contributed by atoms with Crippen molar-refractivity contribution in [1.82, 2.24) is 4.90 Å². The van der Waals surface area contributed by atoms with Crippen LogP contribution in [0, 0.1) is 5.92 Å². The molecule has 1 aromatic rings. The molecular formula is C18H25N3O2. The Kier molecular flexibility index (Phi) is 4.66. The number of fused-ring (bicyclic) bond motifs is 1. The predicted molar refractivity (Wildman–Crippen MR) is 88.6 cm³/mol. The third-order valence-corrected chi connectivity index (χ3v) is 5.29. The highest BCUT2D eigenvalue weighted by molar-refractivity contribution is 5.94. The Hall–Kier alpha value is -1.88. The van der Waals surface area contributed by atoms with Crippen LogP contribution in [0.5, 0.6) is 0 Å². The maximum Gasteiger partial charge on any atom is 0.248 e. The first-order valence-corrected chi connectivity index (χ1v) is 8.50. The van der Waals surface area contributed by atoms with E-state index in [0.29, 0.717) is 37.4 Å². The highest BCUT2D eigenvalue weighted by Crippen LogP contribution is 2.28. The second-order valence-electron chi connectivity index (χ2n) is 6.79. The first kappa shape index (κ1) is 16.0. The van der Waals surface area contributed by atoms with E-state index in [1.165, 1.54) is 12.8 Å². The number of hydrogen-bond donors (Lipinski definition) is 2. The first-order valence-electron chi connectivity index (χ1n) is 8.50. The number of carbonyl (C=O) groups is 2. The number of benzene rings is 1. The molecule has 1 aromatic carbocycles. The van der Waals surface area contributed by atoms with Crippen molar-refractivity contribution in [2.45, 2.75) is 51.1 Å². The van der Waals surface area contributed by atoms with Crippen LogP contribution in [0.25, 0.3) is 0 Å². The summed E-state index contributed by atoms with van der Waals surface area (Å²) in [6, 6.07) is 5.74. The number of nitrogens with two attached hydrogens (primary N) is 2. The third-order valence-electron chi connectivity index (χ3n) is 5.29. The standard InChI is InChI=1S/C18H25N3O2/c19-16-7-2-1-4-12(16)10-17(22)21-9-8-14-13(11-21)5-3-6-15(14)18(20)23/h3,5-6,12,16H,1-2,4,7-11,19H2,(H2,20,23)/t12-,16-/m1/s1. The molecular weight excluding hydrogens is 290 g/mol.